The number of carbonyl (C=O) groups is 1. The molecule has 2 heterocycles. The van der Waals surface area contributed by atoms with Crippen LogP contribution < -0.4 is 10.2 Å². The van der Waals surface area contributed by atoms with Gasteiger partial charge in [-0.3, -0.25) is 4.79 Å². The predicted molar refractivity (Wildman–Crippen MR) is 81.2 cm³/mol. The van der Waals surface area contributed by atoms with Crippen LogP contribution in [0.25, 0.3) is 0 Å². The van der Waals surface area contributed by atoms with Gasteiger partial charge < -0.3 is 15.1 Å². The van der Waals surface area contributed by atoms with Gasteiger partial charge in [0, 0.05) is 38.9 Å². The SMILES string of the molecule is CN1C(=O)Cc2cc(CCCN3CCNCC3)ccc21. The van der Waals surface area contributed by atoms with Crippen LogP contribution in [0.3, 0.4) is 0 Å². The number of nitrogens with zero attached hydrogens (tertiary/aromatic N) is 2. The minimum Gasteiger partial charge on any atom is -0.315 e. The average molecular weight is 273 g/mol. The van der Waals surface area contributed by atoms with Crippen LogP contribution in [0.15, 0.2) is 18.2 Å². The molecule has 0 saturated carbocycles. The Morgan fingerprint density at radius 2 is 2.05 bits per heavy atom. The molecule has 1 saturated heterocycles. The van der Waals surface area contributed by atoms with Gasteiger partial charge in [-0.05, 0) is 36.6 Å². The summed E-state index contributed by atoms with van der Waals surface area (Å²) in [5.74, 6) is 0.206. The molecule has 2 aliphatic heterocycles. The van der Waals surface area contributed by atoms with Crippen molar-refractivity contribution in [3.63, 3.8) is 0 Å². The summed E-state index contributed by atoms with van der Waals surface area (Å²) in [6, 6.07) is 6.49. The number of likely N-dealkylation sites (N-methyl/N-ethyl adjacent to an activating group) is 1. The predicted octanol–water partition coefficient (Wildman–Crippen LogP) is 1.04. The molecule has 2 aliphatic rings. The molecule has 4 nitrogen and oxygen atoms in total. The van der Waals surface area contributed by atoms with Crippen LogP contribution in [0.1, 0.15) is 17.5 Å². The molecule has 0 bridgehead atoms. The van der Waals surface area contributed by atoms with Gasteiger partial charge in [0.15, 0.2) is 0 Å². The van der Waals surface area contributed by atoms with Gasteiger partial charge in [0.1, 0.15) is 0 Å². The van der Waals surface area contributed by atoms with Crippen molar-refractivity contribution < 1.29 is 4.79 Å². The number of anilines is 1. The first-order valence-electron chi connectivity index (χ1n) is 7.55. The Morgan fingerprint density at radius 3 is 2.85 bits per heavy atom. The van der Waals surface area contributed by atoms with Crippen LogP contribution in [0.4, 0.5) is 5.69 Å². The van der Waals surface area contributed by atoms with E-state index in [2.05, 4.69) is 28.4 Å². The zero-order valence-electron chi connectivity index (χ0n) is 12.2. The zero-order chi connectivity index (χ0) is 13.9. The van der Waals surface area contributed by atoms with Crippen LogP contribution in [0, 0.1) is 0 Å². The molecule has 0 aliphatic carbocycles. The Labute approximate surface area is 120 Å². The summed E-state index contributed by atoms with van der Waals surface area (Å²) >= 11 is 0. The number of benzene rings is 1. The Morgan fingerprint density at radius 1 is 1.25 bits per heavy atom. The molecular formula is C16H23N3O. The van der Waals surface area contributed by atoms with Crippen LogP contribution in [0.5, 0.6) is 0 Å². The van der Waals surface area contributed by atoms with E-state index >= 15 is 0 Å². The highest BCUT2D eigenvalue weighted by Gasteiger charge is 2.23. The number of hydrogen-bond acceptors (Lipinski definition) is 3. The molecule has 0 unspecified atom stereocenters. The first kappa shape index (κ1) is 13.6. The molecule has 4 heteroatoms. The molecule has 0 radical (unpaired) electrons. The lowest BCUT2D eigenvalue weighted by Crippen LogP contribution is -2.43. The molecule has 1 N–H and O–H groups in total. The lowest BCUT2D eigenvalue weighted by atomic mass is 10.0. The molecule has 0 atom stereocenters. The van der Waals surface area contributed by atoms with Crippen LogP contribution >= 0.6 is 0 Å². The molecule has 0 spiro atoms. The van der Waals surface area contributed by atoms with Crippen molar-refractivity contribution in [3.05, 3.63) is 29.3 Å². The summed E-state index contributed by atoms with van der Waals surface area (Å²) in [5, 5.41) is 3.38. The lowest BCUT2D eigenvalue weighted by molar-refractivity contribution is -0.117. The van der Waals surface area contributed by atoms with Crippen molar-refractivity contribution in [1.82, 2.24) is 10.2 Å². The molecule has 108 valence electrons. The van der Waals surface area contributed by atoms with E-state index in [0.29, 0.717) is 6.42 Å². The van der Waals surface area contributed by atoms with E-state index in [4.69, 9.17) is 0 Å². The van der Waals surface area contributed by atoms with Crippen LogP contribution in [-0.2, 0) is 17.6 Å². The minimum absolute atomic E-state index is 0.206. The van der Waals surface area contributed by atoms with E-state index in [0.717, 1.165) is 25.2 Å². The van der Waals surface area contributed by atoms with Gasteiger partial charge in [0.05, 0.1) is 6.42 Å². The third kappa shape index (κ3) is 2.86. The van der Waals surface area contributed by atoms with Crippen molar-refractivity contribution >= 4 is 11.6 Å². The maximum Gasteiger partial charge on any atom is 0.231 e. The number of amides is 1. The van der Waals surface area contributed by atoms with E-state index in [1.807, 2.05) is 7.05 Å². The summed E-state index contributed by atoms with van der Waals surface area (Å²) in [5.41, 5.74) is 3.64. The number of nitrogens with one attached hydrogen (secondary N) is 1. The maximum absolute atomic E-state index is 11.7. The molecular weight excluding hydrogens is 250 g/mol. The highest BCUT2D eigenvalue weighted by Crippen LogP contribution is 2.28. The van der Waals surface area contributed by atoms with Crippen molar-refractivity contribution in [2.75, 3.05) is 44.7 Å². The van der Waals surface area contributed by atoms with Crippen molar-refractivity contribution in [1.29, 1.82) is 0 Å². The third-order valence-corrected chi connectivity index (χ3v) is 4.37. The Kier molecular flexibility index (Phi) is 4.03. The summed E-state index contributed by atoms with van der Waals surface area (Å²) in [4.78, 5) is 16.0. The molecule has 20 heavy (non-hydrogen) atoms. The highest BCUT2D eigenvalue weighted by atomic mass is 16.2. The number of fused-ring (bicyclic) bond motifs is 1. The summed E-state index contributed by atoms with van der Waals surface area (Å²) in [7, 11) is 1.86. The Hall–Kier alpha value is -1.39. The first-order chi connectivity index (χ1) is 9.74. The topological polar surface area (TPSA) is 35.6 Å². The van der Waals surface area contributed by atoms with Gasteiger partial charge in [0.25, 0.3) is 0 Å². The molecule has 1 aromatic rings. The minimum atomic E-state index is 0.206. The second kappa shape index (κ2) is 5.94. The number of aryl methyl sites for hydroxylation is 1. The Balaban J connectivity index is 1.54. The standard InChI is InChI=1S/C16H23N3O/c1-18-15-5-4-13(11-14(15)12-16(18)20)3-2-8-19-9-6-17-7-10-19/h4-5,11,17H,2-3,6-10,12H2,1H3. The maximum atomic E-state index is 11.7. The number of piperazine rings is 1. The smallest absolute Gasteiger partial charge is 0.231 e. The third-order valence-electron chi connectivity index (χ3n) is 4.37. The van der Waals surface area contributed by atoms with E-state index in [9.17, 15) is 4.79 Å². The van der Waals surface area contributed by atoms with Gasteiger partial charge in [-0.15, -0.1) is 0 Å². The fraction of sp³-hybridized carbons (Fsp3) is 0.562. The van der Waals surface area contributed by atoms with E-state index < -0.39 is 0 Å². The fourth-order valence-electron chi connectivity index (χ4n) is 3.12. The molecule has 1 aromatic carbocycles. The summed E-state index contributed by atoms with van der Waals surface area (Å²) in [6.07, 6.45) is 2.87. The molecule has 0 aromatic heterocycles. The lowest BCUT2D eigenvalue weighted by Gasteiger charge is -2.27. The molecule has 3 rings (SSSR count). The van der Waals surface area contributed by atoms with Crippen LogP contribution in [0.2, 0.25) is 0 Å². The van der Waals surface area contributed by atoms with Gasteiger partial charge in [-0.1, -0.05) is 12.1 Å². The van der Waals surface area contributed by atoms with Gasteiger partial charge in [0.2, 0.25) is 5.91 Å². The zero-order valence-corrected chi connectivity index (χ0v) is 12.2. The van der Waals surface area contributed by atoms with E-state index in [1.54, 1.807) is 4.90 Å². The summed E-state index contributed by atoms with van der Waals surface area (Å²) in [6.45, 7) is 5.76. The van der Waals surface area contributed by atoms with Gasteiger partial charge >= 0.3 is 0 Å². The van der Waals surface area contributed by atoms with E-state index in [-0.39, 0.29) is 5.91 Å². The monoisotopic (exact) mass is 273 g/mol. The second-order valence-electron chi connectivity index (χ2n) is 5.79. The fourth-order valence-corrected chi connectivity index (χ4v) is 3.12. The normalized spacial score (nSPS) is 19.4. The van der Waals surface area contributed by atoms with Gasteiger partial charge in [-0.25, -0.2) is 0 Å². The number of hydrogen-bond donors (Lipinski definition) is 1. The second-order valence-corrected chi connectivity index (χ2v) is 5.79. The van der Waals surface area contributed by atoms with Crippen molar-refractivity contribution in [3.8, 4) is 0 Å². The van der Waals surface area contributed by atoms with Crippen molar-refractivity contribution in [2.45, 2.75) is 19.3 Å². The highest BCUT2D eigenvalue weighted by molar-refractivity contribution is 6.00. The quantitative estimate of drug-likeness (QED) is 0.890. The Bertz CT molecular complexity index is 494. The first-order valence-corrected chi connectivity index (χ1v) is 7.55. The summed E-state index contributed by atoms with van der Waals surface area (Å²) < 4.78 is 0. The largest absolute Gasteiger partial charge is 0.315 e. The number of rotatable bonds is 4. The molecule has 1 fully saturated rings. The van der Waals surface area contributed by atoms with Crippen LogP contribution in [-0.4, -0.2) is 50.6 Å². The number of carbonyl (C=O) groups excluding carboxylic acids is 1. The van der Waals surface area contributed by atoms with Gasteiger partial charge in [-0.2, -0.15) is 0 Å². The average Bonchev–Trinajstić information content (AvgIpc) is 2.75. The van der Waals surface area contributed by atoms with Crippen molar-refractivity contribution in [2.24, 2.45) is 0 Å². The van der Waals surface area contributed by atoms with E-state index in [1.165, 1.54) is 37.2 Å². The molecule has 1 amide bonds.